The van der Waals surface area contributed by atoms with Crippen molar-refractivity contribution >= 4 is 33.6 Å². The summed E-state index contributed by atoms with van der Waals surface area (Å²) in [6.45, 7) is 7.05. The van der Waals surface area contributed by atoms with Crippen molar-refractivity contribution in [3.8, 4) is 0 Å². The Bertz CT molecular complexity index is 535. The maximum Gasteiger partial charge on any atom is 0.233 e. The van der Waals surface area contributed by atoms with Gasteiger partial charge in [0.25, 0.3) is 0 Å². The Hall–Kier alpha value is -0.520. The fraction of sp³-hybridized carbons (Fsp3) is 0.562. The lowest BCUT2D eigenvalue weighted by atomic mass is 10.0. The number of nitrogens with zero attached hydrogens (tertiary/aromatic N) is 1. The van der Waals surface area contributed by atoms with E-state index in [0.29, 0.717) is 11.7 Å². The van der Waals surface area contributed by atoms with Crippen molar-refractivity contribution in [2.45, 2.75) is 38.1 Å². The topological polar surface area (TPSA) is 40.5 Å². The molecule has 2 atom stereocenters. The molecule has 1 aromatic carbocycles. The highest BCUT2D eigenvalue weighted by molar-refractivity contribution is 9.10. The molecular formula is C16H22BrNO2S. The van der Waals surface area contributed by atoms with Gasteiger partial charge in [-0.2, -0.15) is 0 Å². The lowest BCUT2D eigenvalue weighted by Crippen LogP contribution is -2.40. The van der Waals surface area contributed by atoms with Crippen molar-refractivity contribution in [2.75, 3.05) is 18.9 Å². The highest BCUT2D eigenvalue weighted by atomic mass is 79.9. The van der Waals surface area contributed by atoms with Gasteiger partial charge in [0.05, 0.1) is 18.4 Å². The number of likely N-dealkylation sites (tertiary alicyclic amines) is 1. The van der Waals surface area contributed by atoms with Gasteiger partial charge in [0.1, 0.15) is 0 Å². The molecule has 1 aromatic rings. The first kappa shape index (κ1) is 16.8. The number of hydrogen-bond donors (Lipinski definition) is 1. The van der Waals surface area contributed by atoms with Crippen LogP contribution in [0.15, 0.2) is 21.5 Å². The van der Waals surface area contributed by atoms with Gasteiger partial charge in [0, 0.05) is 15.9 Å². The number of aliphatic hydroxyl groups excluding tert-OH is 1. The second kappa shape index (κ2) is 7.16. The first-order valence-corrected chi connectivity index (χ1v) is 9.01. The second-order valence-electron chi connectivity index (χ2n) is 5.76. The zero-order valence-corrected chi connectivity index (χ0v) is 15.1. The summed E-state index contributed by atoms with van der Waals surface area (Å²) in [5.41, 5.74) is 2.36. The zero-order chi connectivity index (χ0) is 15.6. The number of halogens is 1. The van der Waals surface area contributed by atoms with E-state index in [0.717, 1.165) is 22.3 Å². The smallest absolute Gasteiger partial charge is 0.233 e. The van der Waals surface area contributed by atoms with Gasteiger partial charge in [-0.1, -0.05) is 22.9 Å². The Morgan fingerprint density at radius 1 is 1.43 bits per heavy atom. The molecule has 0 radical (unpaired) electrons. The summed E-state index contributed by atoms with van der Waals surface area (Å²) in [4.78, 5) is 15.4. The van der Waals surface area contributed by atoms with Crippen LogP contribution in [0, 0.1) is 19.8 Å². The summed E-state index contributed by atoms with van der Waals surface area (Å²) in [6, 6.07) is 4.20. The molecule has 1 N–H and O–H groups in total. The molecule has 1 fully saturated rings. The molecule has 3 nitrogen and oxygen atoms in total. The maximum absolute atomic E-state index is 12.4. The van der Waals surface area contributed by atoms with Crippen molar-refractivity contribution in [1.82, 2.24) is 4.90 Å². The average molecular weight is 372 g/mol. The van der Waals surface area contributed by atoms with E-state index in [1.165, 1.54) is 11.1 Å². The minimum atomic E-state index is -0.00847. The molecule has 0 aromatic heterocycles. The molecule has 0 aliphatic carbocycles. The van der Waals surface area contributed by atoms with E-state index < -0.39 is 0 Å². The molecule has 1 saturated heterocycles. The normalized spacial score (nSPS) is 21.9. The molecule has 1 heterocycles. The van der Waals surface area contributed by atoms with E-state index in [1.807, 2.05) is 4.90 Å². The Morgan fingerprint density at radius 3 is 2.81 bits per heavy atom. The molecule has 0 spiro atoms. The molecule has 0 saturated carbocycles. The summed E-state index contributed by atoms with van der Waals surface area (Å²) < 4.78 is 1.10. The fourth-order valence-corrected chi connectivity index (χ4v) is 4.18. The Labute approximate surface area is 139 Å². The third-order valence-electron chi connectivity index (χ3n) is 4.20. The standard InChI is InChI=1S/C16H22BrNO2S/c1-10-4-5-18(14(10)8-19)16(20)9-21-15-7-11(2)13(17)6-12(15)3/h6-7,10,14,19H,4-5,8-9H2,1-3H3. The molecule has 1 aliphatic heterocycles. The van der Waals surface area contributed by atoms with Crippen LogP contribution in [0.25, 0.3) is 0 Å². The number of aliphatic hydroxyl groups is 1. The number of thioether (sulfide) groups is 1. The van der Waals surface area contributed by atoms with Crippen LogP contribution >= 0.6 is 27.7 Å². The lowest BCUT2D eigenvalue weighted by molar-refractivity contribution is -0.130. The predicted octanol–water partition coefficient (Wildman–Crippen LogP) is 3.39. The first-order valence-electron chi connectivity index (χ1n) is 7.24. The van der Waals surface area contributed by atoms with Crippen LogP contribution in [-0.2, 0) is 4.79 Å². The van der Waals surface area contributed by atoms with Gasteiger partial charge < -0.3 is 10.0 Å². The minimum absolute atomic E-state index is 0.00847. The monoisotopic (exact) mass is 371 g/mol. The molecule has 2 rings (SSSR count). The van der Waals surface area contributed by atoms with Crippen LogP contribution in [0.4, 0.5) is 0 Å². The summed E-state index contributed by atoms with van der Waals surface area (Å²) in [5.74, 6) is 0.953. The van der Waals surface area contributed by atoms with Gasteiger partial charge in [-0.05, 0) is 49.4 Å². The Kier molecular flexibility index (Phi) is 5.74. The Morgan fingerprint density at radius 2 is 2.14 bits per heavy atom. The van der Waals surface area contributed by atoms with Crippen molar-refractivity contribution in [2.24, 2.45) is 5.92 Å². The highest BCUT2D eigenvalue weighted by Crippen LogP contribution is 2.30. The van der Waals surface area contributed by atoms with Crippen LogP contribution < -0.4 is 0 Å². The summed E-state index contributed by atoms with van der Waals surface area (Å²) in [7, 11) is 0. The third kappa shape index (κ3) is 3.82. The van der Waals surface area contributed by atoms with E-state index in [4.69, 9.17) is 0 Å². The van der Waals surface area contributed by atoms with E-state index in [9.17, 15) is 9.90 Å². The molecule has 116 valence electrons. The van der Waals surface area contributed by atoms with E-state index >= 15 is 0 Å². The van der Waals surface area contributed by atoms with Crippen molar-refractivity contribution < 1.29 is 9.90 Å². The predicted molar refractivity (Wildman–Crippen MR) is 90.7 cm³/mol. The fourth-order valence-electron chi connectivity index (χ4n) is 2.73. The summed E-state index contributed by atoms with van der Waals surface area (Å²) in [6.07, 6.45) is 0.984. The van der Waals surface area contributed by atoms with Gasteiger partial charge >= 0.3 is 0 Å². The molecule has 1 amide bonds. The van der Waals surface area contributed by atoms with Crippen molar-refractivity contribution in [1.29, 1.82) is 0 Å². The first-order chi connectivity index (χ1) is 9.93. The van der Waals surface area contributed by atoms with Gasteiger partial charge in [-0.25, -0.2) is 0 Å². The number of amides is 1. The molecule has 1 aliphatic rings. The SMILES string of the molecule is Cc1cc(SCC(=O)N2CCC(C)C2CO)c(C)cc1Br. The zero-order valence-electron chi connectivity index (χ0n) is 12.7. The number of carbonyl (C=O) groups excluding carboxylic acids is 1. The second-order valence-corrected chi connectivity index (χ2v) is 7.63. The van der Waals surface area contributed by atoms with Gasteiger partial charge in [0.2, 0.25) is 5.91 Å². The van der Waals surface area contributed by atoms with Crippen molar-refractivity contribution in [3.05, 3.63) is 27.7 Å². The number of carbonyl (C=O) groups is 1. The molecule has 21 heavy (non-hydrogen) atoms. The van der Waals surface area contributed by atoms with Crippen LogP contribution in [-0.4, -0.2) is 40.9 Å². The van der Waals surface area contributed by atoms with Gasteiger partial charge in [-0.3, -0.25) is 4.79 Å². The third-order valence-corrected chi connectivity index (χ3v) is 6.19. The number of benzene rings is 1. The van der Waals surface area contributed by atoms with Crippen LogP contribution in [0.1, 0.15) is 24.5 Å². The van der Waals surface area contributed by atoms with Gasteiger partial charge in [-0.15, -0.1) is 11.8 Å². The molecule has 2 unspecified atom stereocenters. The summed E-state index contributed by atoms with van der Waals surface area (Å²) >= 11 is 5.11. The number of aryl methyl sites for hydroxylation is 2. The summed E-state index contributed by atoms with van der Waals surface area (Å²) in [5, 5.41) is 9.45. The van der Waals surface area contributed by atoms with E-state index in [2.05, 4.69) is 48.8 Å². The lowest BCUT2D eigenvalue weighted by Gasteiger charge is -2.25. The van der Waals surface area contributed by atoms with E-state index in [1.54, 1.807) is 11.8 Å². The Balaban J connectivity index is 2.00. The van der Waals surface area contributed by atoms with Gasteiger partial charge in [0.15, 0.2) is 0 Å². The maximum atomic E-state index is 12.4. The number of rotatable bonds is 4. The van der Waals surface area contributed by atoms with Crippen LogP contribution in [0.2, 0.25) is 0 Å². The highest BCUT2D eigenvalue weighted by Gasteiger charge is 2.33. The minimum Gasteiger partial charge on any atom is -0.394 e. The van der Waals surface area contributed by atoms with Crippen LogP contribution in [0.5, 0.6) is 0 Å². The van der Waals surface area contributed by atoms with E-state index in [-0.39, 0.29) is 18.6 Å². The molecular weight excluding hydrogens is 350 g/mol. The molecule has 0 bridgehead atoms. The quantitative estimate of drug-likeness (QED) is 0.824. The molecule has 5 heteroatoms. The van der Waals surface area contributed by atoms with Crippen LogP contribution in [0.3, 0.4) is 0 Å². The number of hydrogen-bond acceptors (Lipinski definition) is 3. The largest absolute Gasteiger partial charge is 0.394 e. The van der Waals surface area contributed by atoms with Crippen molar-refractivity contribution in [3.63, 3.8) is 0 Å². The average Bonchev–Trinajstić information content (AvgIpc) is 2.82.